The Labute approximate surface area is 300 Å². The van der Waals surface area contributed by atoms with Crippen molar-refractivity contribution in [3.8, 4) is 0 Å². The summed E-state index contributed by atoms with van der Waals surface area (Å²) in [5.74, 6) is -4.16. The molecule has 0 fully saturated rings. The average Bonchev–Trinajstić information content (AvgIpc) is 3.05. The Balaban J connectivity index is 0. The number of alkyl halides is 1. The van der Waals surface area contributed by atoms with E-state index in [1.165, 1.54) is 116 Å². The molecule has 292 valence electrons. The second-order valence-corrected chi connectivity index (χ2v) is 14.5. The number of carboxylic acids is 2. The van der Waals surface area contributed by atoms with Crippen molar-refractivity contribution in [2.24, 2.45) is 0 Å². The Morgan fingerprint density at radius 1 is 0.490 bits per heavy atom. The van der Waals surface area contributed by atoms with E-state index in [1.54, 1.807) is 0 Å². The zero-order valence-corrected chi connectivity index (χ0v) is 32.5. The fourth-order valence-electron chi connectivity index (χ4n) is 6.22. The Kier molecular flexibility index (Phi) is 35.0. The first-order valence-electron chi connectivity index (χ1n) is 20.5. The van der Waals surface area contributed by atoms with Crippen LogP contribution in [0.2, 0.25) is 0 Å². The number of ether oxygens (including phenoxy) is 1. The summed E-state index contributed by atoms with van der Waals surface area (Å²) < 4.78 is 20.5. The molecule has 0 amide bonds. The Hall–Kier alpha value is -1.70. The summed E-state index contributed by atoms with van der Waals surface area (Å²) in [5.41, 5.74) is -3.48. The number of carboxylic acid groups (broad SMARTS) is 2. The summed E-state index contributed by atoms with van der Waals surface area (Å²) >= 11 is 0. The Morgan fingerprint density at radius 3 is 1.10 bits per heavy atom. The molecule has 0 aromatic heterocycles. The van der Waals surface area contributed by atoms with E-state index in [2.05, 4.69) is 27.7 Å². The lowest BCUT2D eigenvalue weighted by Gasteiger charge is -2.26. The van der Waals surface area contributed by atoms with E-state index in [1.807, 2.05) is 0 Å². The first-order valence-corrected chi connectivity index (χ1v) is 20.5. The lowest BCUT2D eigenvalue weighted by atomic mass is 9.86. The number of aliphatic hydroxyl groups is 1. The number of rotatable bonds is 35. The molecule has 0 saturated carbocycles. The molecule has 0 radical (unpaired) electrons. The maximum Gasteiger partial charge on any atom is 0.336 e. The van der Waals surface area contributed by atoms with Crippen molar-refractivity contribution in [3.63, 3.8) is 0 Å². The number of carbonyl (C=O) groups is 3. The third-order valence-electron chi connectivity index (χ3n) is 9.47. The molecule has 49 heavy (non-hydrogen) atoms. The van der Waals surface area contributed by atoms with Crippen molar-refractivity contribution in [3.05, 3.63) is 0 Å². The normalized spacial score (nSPS) is 12.6. The summed E-state index contributed by atoms with van der Waals surface area (Å²) in [6.07, 6.45) is 32.5. The minimum atomic E-state index is -2.62. The van der Waals surface area contributed by atoms with Gasteiger partial charge < -0.3 is 20.1 Å². The summed E-state index contributed by atoms with van der Waals surface area (Å²) in [5, 5.41) is 26.9. The number of carbonyl (C=O) groups excluding carboxylic acids is 1. The fourth-order valence-corrected chi connectivity index (χ4v) is 6.22. The van der Waals surface area contributed by atoms with Crippen LogP contribution in [0.4, 0.5) is 4.39 Å². The number of aliphatic carboxylic acids is 2. The van der Waals surface area contributed by atoms with Gasteiger partial charge >= 0.3 is 17.9 Å². The predicted octanol–water partition coefficient (Wildman–Crippen LogP) is 12.3. The first-order chi connectivity index (χ1) is 23.5. The largest absolute Gasteiger partial charge is 0.481 e. The second kappa shape index (κ2) is 34.7. The standard InChI is InChI=1S/C28H57F.C13H22O7/c1-4-7-10-13-16-17-18-21-24-27-28(29,25-22-19-14-11-8-5-2)26-23-20-15-12-9-6-3;1-2-3-4-5-6-7-20-11(16)9-13(19,12(17)18)8-10(14)15/h4-27H2,1-3H3;19H,2-9H2,1H3,(H,14,15)(H,17,18). The van der Waals surface area contributed by atoms with Crippen molar-refractivity contribution >= 4 is 17.9 Å². The van der Waals surface area contributed by atoms with Gasteiger partial charge in [0, 0.05) is 0 Å². The molecule has 1 atom stereocenters. The van der Waals surface area contributed by atoms with Gasteiger partial charge in [-0.1, -0.05) is 188 Å². The molecule has 0 aliphatic carbocycles. The second-order valence-electron chi connectivity index (χ2n) is 14.5. The van der Waals surface area contributed by atoms with E-state index < -0.39 is 42.0 Å². The number of unbranched alkanes of at least 4 members (excludes halogenated alkanes) is 22. The lowest BCUT2D eigenvalue weighted by Crippen LogP contribution is -2.43. The molecule has 3 N–H and O–H groups in total. The highest BCUT2D eigenvalue weighted by atomic mass is 19.1. The van der Waals surface area contributed by atoms with Gasteiger partial charge in [-0.05, 0) is 25.7 Å². The number of hydrogen-bond acceptors (Lipinski definition) is 5. The van der Waals surface area contributed by atoms with Gasteiger partial charge in [0.2, 0.25) is 0 Å². The number of halogens is 1. The Morgan fingerprint density at radius 2 is 0.796 bits per heavy atom. The van der Waals surface area contributed by atoms with Crippen LogP contribution >= 0.6 is 0 Å². The van der Waals surface area contributed by atoms with Gasteiger partial charge in [-0.2, -0.15) is 0 Å². The van der Waals surface area contributed by atoms with Crippen molar-refractivity contribution < 1.29 is 38.8 Å². The van der Waals surface area contributed by atoms with Crippen LogP contribution in [0.5, 0.6) is 0 Å². The van der Waals surface area contributed by atoms with Crippen LogP contribution < -0.4 is 0 Å². The minimum Gasteiger partial charge on any atom is -0.481 e. The molecule has 0 rings (SSSR count). The van der Waals surface area contributed by atoms with Gasteiger partial charge in [-0.15, -0.1) is 0 Å². The van der Waals surface area contributed by atoms with Crippen molar-refractivity contribution in [2.75, 3.05) is 6.61 Å². The van der Waals surface area contributed by atoms with Gasteiger partial charge in [-0.25, -0.2) is 9.18 Å². The third kappa shape index (κ3) is 33.2. The first kappa shape index (κ1) is 49.4. The van der Waals surface area contributed by atoms with Gasteiger partial charge in [0.15, 0.2) is 5.60 Å². The van der Waals surface area contributed by atoms with Crippen LogP contribution in [0.15, 0.2) is 0 Å². The lowest BCUT2D eigenvalue weighted by molar-refractivity contribution is -0.172. The van der Waals surface area contributed by atoms with Crippen LogP contribution in [-0.2, 0) is 19.1 Å². The summed E-state index contributed by atoms with van der Waals surface area (Å²) in [4.78, 5) is 32.7. The SMILES string of the molecule is CCCCCCCCCCCC(F)(CCCCCCCC)CCCCCCCC.CCCCCCCOC(=O)CC(O)(CC(=O)O)C(=O)O. The van der Waals surface area contributed by atoms with Crippen LogP contribution in [0, 0.1) is 0 Å². The quantitative estimate of drug-likeness (QED) is 0.0444. The highest BCUT2D eigenvalue weighted by Crippen LogP contribution is 2.33. The van der Waals surface area contributed by atoms with Gasteiger partial charge in [-0.3, -0.25) is 9.59 Å². The van der Waals surface area contributed by atoms with Crippen LogP contribution in [-0.4, -0.2) is 51.1 Å². The molecule has 0 aliphatic rings. The maximum atomic E-state index is 15.7. The molecule has 8 heteroatoms. The number of hydrogen-bond donors (Lipinski definition) is 3. The van der Waals surface area contributed by atoms with Gasteiger partial charge in [0.05, 0.1) is 19.4 Å². The summed E-state index contributed by atoms with van der Waals surface area (Å²) in [6.45, 7) is 9.02. The smallest absolute Gasteiger partial charge is 0.336 e. The Bertz CT molecular complexity index is 759. The minimum absolute atomic E-state index is 0.144. The average molecular weight is 703 g/mol. The van der Waals surface area contributed by atoms with Crippen molar-refractivity contribution in [1.82, 2.24) is 0 Å². The van der Waals surface area contributed by atoms with Gasteiger partial charge in [0.25, 0.3) is 0 Å². The maximum absolute atomic E-state index is 15.7. The highest BCUT2D eigenvalue weighted by molar-refractivity contribution is 5.88. The summed E-state index contributed by atoms with van der Waals surface area (Å²) in [6, 6.07) is 0. The van der Waals surface area contributed by atoms with Crippen LogP contribution in [0.3, 0.4) is 0 Å². The molecule has 0 spiro atoms. The van der Waals surface area contributed by atoms with E-state index in [0.29, 0.717) is 6.42 Å². The number of esters is 1. The molecule has 7 nitrogen and oxygen atoms in total. The van der Waals surface area contributed by atoms with Crippen LogP contribution in [0.1, 0.15) is 227 Å². The highest BCUT2D eigenvalue weighted by Gasteiger charge is 2.41. The topological polar surface area (TPSA) is 121 Å². The van der Waals surface area contributed by atoms with E-state index in [-0.39, 0.29) is 6.61 Å². The molecule has 0 aromatic carbocycles. The van der Waals surface area contributed by atoms with Crippen molar-refractivity contribution in [1.29, 1.82) is 0 Å². The fraction of sp³-hybridized carbons (Fsp3) is 0.927. The monoisotopic (exact) mass is 703 g/mol. The molecule has 0 saturated heterocycles. The predicted molar refractivity (Wildman–Crippen MR) is 201 cm³/mol. The molecule has 0 bridgehead atoms. The molecular formula is C41H79FO7. The zero-order chi connectivity index (χ0) is 37.1. The van der Waals surface area contributed by atoms with Gasteiger partial charge in [0.1, 0.15) is 5.67 Å². The van der Waals surface area contributed by atoms with E-state index in [9.17, 15) is 19.5 Å². The van der Waals surface area contributed by atoms with E-state index in [4.69, 9.17) is 14.9 Å². The zero-order valence-electron chi connectivity index (χ0n) is 32.5. The van der Waals surface area contributed by atoms with E-state index >= 15 is 4.39 Å². The molecule has 0 heterocycles. The van der Waals surface area contributed by atoms with Crippen molar-refractivity contribution in [2.45, 2.75) is 238 Å². The molecular weight excluding hydrogens is 623 g/mol. The van der Waals surface area contributed by atoms with E-state index in [0.717, 1.165) is 64.2 Å². The molecule has 0 aliphatic heterocycles. The molecule has 0 aromatic rings. The third-order valence-corrected chi connectivity index (χ3v) is 9.47. The summed E-state index contributed by atoms with van der Waals surface area (Å²) in [7, 11) is 0. The molecule has 1 unspecified atom stereocenters. The van der Waals surface area contributed by atoms with Crippen LogP contribution in [0.25, 0.3) is 0 Å².